The zero-order valence-electron chi connectivity index (χ0n) is 17.4. The molecule has 0 saturated carbocycles. The molecule has 0 unspecified atom stereocenters. The minimum absolute atomic E-state index is 0.882. The largest absolute Gasteiger partial charge is 0.384 e. The lowest BCUT2D eigenvalue weighted by molar-refractivity contribution is 0.181. The summed E-state index contributed by atoms with van der Waals surface area (Å²) in [4.78, 5) is 6.86. The summed E-state index contributed by atoms with van der Waals surface area (Å²) < 4.78 is 0. The quantitative estimate of drug-likeness (QED) is 0.636. The molecule has 0 aliphatic carbocycles. The molecule has 0 atom stereocenters. The van der Waals surface area contributed by atoms with Gasteiger partial charge in [0, 0.05) is 36.7 Å². The van der Waals surface area contributed by atoms with Gasteiger partial charge in [-0.15, -0.1) is 0 Å². The maximum atomic E-state index is 4.26. The first-order valence-electron chi connectivity index (χ1n) is 10.9. The number of aryl methyl sites for hydroxylation is 2. The zero-order valence-corrected chi connectivity index (χ0v) is 17.4. The molecule has 1 fully saturated rings. The van der Waals surface area contributed by atoms with Crippen LogP contribution in [0.15, 0.2) is 55.4 Å². The fourth-order valence-electron chi connectivity index (χ4n) is 4.16. The van der Waals surface area contributed by atoms with Crippen LogP contribution in [-0.2, 0) is 12.8 Å². The Labute approximate surface area is 170 Å². The van der Waals surface area contributed by atoms with Crippen molar-refractivity contribution in [3.63, 3.8) is 0 Å². The van der Waals surface area contributed by atoms with Crippen molar-refractivity contribution in [3.05, 3.63) is 72.1 Å². The molecule has 1 aromatic carbocycles. The molecule has 3 heteroatoms. The van der Waals surface area contributed by atoms with Gasteiger partial charge in [0.05, 0.1) is 0 Å². The van der Waals surface area contributed by atoms with Gasteiger partial charge in [-0.05, 0) is 68.3 Å². The maximum absolute atomic E-state index is 4.26. The number of likely N-dealkylation sites (tertiary alicyclic amines) is 1. The van der Waals surface area contributed by atoms with Crippen molar-refractivity contribution in [1.29, 1.82) is 0 Å². The van der Waals surface area contributed by atoms with E-state index in [1.165, 1.54) is 55.5 Å². The number of rotatable bonds is 10. The maximum Gasteiger partial charge on any atom is 0.0345 e. The molecule has 150 valence electrons. The summed E-state index contributed by atoms with van der Waals surface area (Å²) in [6, 6.07) is 13.0. The standard InChI is InChI=1S/C25H35N3/c1-3-7-24-20-26-15-12-25(24)21(2)27-16-19-28-17-13-23(14-18-28)11-10-22-8-5-4-6-9-22/h4-6,8-9,12,15,20,23,27H,2-3,7,10-11,13-14,16-19H2,1H3. The van der Waals surface area contributed by atoms with E-state index in [2.05, 4.69) is 65.1 Å². The highest BCUT2D eigenvalue weighted by Gasteiger charge is 2.18. The Morgan fingerprint density at radius 3 is 2.68 bits per heavy atom. The third-order valence-corrected chi connectivity index (χ3v) is 5.91. The lowest BCUT2D eigenvalue weighted by Crippen LogP contribution is -2.38. The van der Waals surface area contributed by atoms with E-state index >= 15 is 0 Å². The molecule has 0 spiro atoms. The first-order chi connectivity index (χ1) is 13.8. The number of nitrogens with one attached hydrogen (secondary N) is 1. The summed E-state index contributed by atoms with van der Waals surface area (Å²) >= 11 is 0. The van der Waals surface area contributed by atoms with Gasteiger partial charge in [0.15, 0.2) is 0 Å². The molecule has 28 heavy (non-hydrogen) atoms. The smallest absolute Gasteiger partial charge is 0.0345 e. The normalized spacial score (nSPS) is 15.5. The molecule has 2 aromatic rings. The van der Waals surface area contributed by atoms with Gasteiger partial charge in [-0.25, -0.2) is 0 Å². The average molecular weight is 378 g/mol. The molecule has 0 amide bonds. The van der Waals surface area contributed by atoms with Gasteiger partial charge in [-0.3, -0.25) is 4.98 Å². The van der Waals surface area contributed by atoms with E-state index < -0.39 is 0 Å². The summed E-state index contributed by atoms with van der Waals surface area (Å²) in [6.07, 6.45) is 11.2. The molecule has 1 aliphatic heterocycles. The lowest BCUT2D eigenvalue weighted by Gasteiger charge is -2.32. The molecule has 3 nitrogen and oxygen atoms in total. The van der Waals surface area contributed by atoms with Gasteiger partial charge in [0.1, 0.15) is 0 Å². The van der Waals surface area contributed by atoms with E-state index in [1.807, 2.05) is 12.4 Å². The van der Waals surface area contributed by atoms with Gasteiger partial charge >= 0.3 is 0 Å². The van der Waals surface area contributed by atoms with E-state index in [0.717, 1.165) is 37.5 Å². The molecule has 1 N–H and O–H groups in total. The Bertz CT molecular complexity index is 718. The number of pyridine rings is 1. The average Bonchev–Trinajstić information content (AvgIpc) is 2.74. The molecule has 1 aromatic heterocycles. The third-order valence-electron chi connectivity index (χ3n) is 5.91. The van der Waals surface area contributed by atoms with Crippen LogP contribution in [0.4, 0.5) is 0 Å². The molecule has 2 heterocycles. The molecule has 0 radical (unpaired) electrons. The number of hydrogen-bond acceptors (Lipinski definition) is 3. The molecular formula is C25H35N3. The van der Waals surface area contributed by atoms with Gasteiger partial charge in [0.25, 0.3) is 0 Å². The minimum atomic E-state index is 0.882. The summed E-state index contributed by atoms with van der Waals surface area (Å²) in [5, 5.41) is 3.54. The SMILES string of the molecule is C=C(NCCN1CCC(CCc2ccccc2)CC1)c1ccncc1CCC. The highest BCUT2D eigenvalue weighted by atomic mass is 15.1. The molecule has 0 bridgehead atoms. The third kappa shape index (κ3) is 6.20. The summed E-state index contributed by atoms with van der Waals surface area (Å²) in [5.41, 5.74) is 5.02. The number of benzene rings is 1. The van der Waals surface area contributed by atoms with Crippen LogP contribution in [0.2, 0.25) is 0 Å². The summed E-state index contributed by atoms with van der Waals surface area (Å²) in [6.45, 7) is 11.0. The Kier molecular flexibility index (Phi) is 8.10. The van der Waals surface area contributed by atoms with Crippen molar-refractivity contribution in [2.45, 2.75) is 45.4 Å². The van der Waals surface area contributed by atoms with E-state index in [4.69, 9.17) is 0 Å². The van der Waals surface area contributed by atoms with Crippen molar-refractivity contribution in [2.24, 2.45) is 5.92 Å². The van der Waals surface area contributed by atoms with Gasteiger partial charge in [-0.2, -0.15) is 0 Å². The van der Waals surface area contributed by atoms with Gasteiger partial charge in [0.2, 0.25) is 0 Å². The molecular weight excluding hydrogens is 342 g/mol. The van der Waals surface area contributed by atoms with Crippen LogP contribution in [0.5, 0.6) is 0 Å². The van der Waals surface area contributed by atoms with Crippen molar-refractivity contribution in [1.82, 2.24) is 15.2 Å². The van der Waals surface area contributed by atoms with E-state index in [-0.39, 0.29) is 0 Å². The first kappa shape index (κ1) is 20.6. The van der Waals surface area contributed by atoms with Gasteiger partial charge < -0.3 is 10.2 Å². The van der Waals surface area contributed by atoms with Crippen molar-refractivity contribution < 1.29 is 0 Å². The highest BCUT2D eigenvalue weighted by molar-refractivity contribution is 5.64. The fourth-order valence-corrected chi connectivity index (χ4v) is 4.16. The Hall–Kier alpha value is -2.13. The molecule has 1 saturated heterocycles. The second kappa shape index (κ2) is 11.0. The predicted octanol–water partition coefficient (Wildman–Crippen LogP) is 4.94. The second-order valence-electron chi connectivity index (χ2n) is 8.00. The number of nitrogens with zero attached hydrogens (tertiary/aromatic N) is 2. The van der Waals surface area contributed by atoms with Crippen LogP contribution >= 0.6 is 0 Å². The molecule has 3 rings (SSSR count). The van der Waals surface area contributed by atoms with Crippen molar-refractivity contribution in [2.75, 3.05) is 26.2 Å². The fraction of sp³-hybridized carbons (Fsp3) is 0.480. The van der Waals surface area contributed by atoms with Gasteiger partial charge in [-0.1, -0.05) is 50.3 Å². The van der Waals surface area contributed by atoms with E-state index in [0.29, 0.717) is 0 Å². The van der Waals surface area contributed by atoms with Crippen LogP contribution in [0.3, 0.4) is 0 Å². The van der Waals surface area contributed by atoms with Crippen LogP contribution in [0, 0.1) is 5.92 Å². The van der Waals surface area contributed by atoms with Crippen molar-refractivity contribution in [3.8, 4) is 0 Å². The Morgan fingerprint density at radius 2 is 1.93 bits per heavy atom. The lowest BCUT2D eigenvalue weighted by atomic mass is 9.90. The predicted molar refractivity (Wildman–Crippen MR) is 119 cm³/mol. The van der Waals surface area contributed by atoms with E-state index in [1.54, 1.807) is 0 Å². The first-order valence-corrected chi connectivity index (χ1v) is 10.9. The number of aromatic nitrogens is 1. The Balaban J connectivity index is 1.35. The highest BCUT2D eigenvalue weighted by Crippen LogP contribution is 2.22. The number of hydrogen-bond donors (Lipinski definition) is 1. The van der Waals surface area contributed by atoms with Crippen LogP contribution in [0.1, 0.15) is 49.3 Å². The topological polar surface area (TPSA) is 28.2 Å². The van der Waals surface area contributed by atoms with Crippen molar-refractivity contribution >= 4 is 5.70 Å². The zero-order chi connectivity index (χ0) is 19.6. The second-order valence-corrected chi connectivity index (χ2v) is 8.00. The summed E-state index contributed by atoms with van der Waals surface area (Å²) in [5.74, 6) is 0.882. The monoisotopic (exact) mass is 377 g/mol. The van der Waals surface area contributed by atoms with Crippen LogP contribution in [0.25, 0.3) is 5.70 Å². The summed E-state index contributed by atoms with van der Waals surface area (Å²) in [7, 11) is 0. The Morgan fingerprint density at radius 1 is 1.14 bits per heavy atom. The van der Waals surface area contributed by atoms with Crippen LogP contribution in [-0.4, -0.2) is 36.1 Å². The van der Waals surface area contributed by atoms with E-state index in [9.17, 15) is 0 Å². The number of piperidine rings is 1. The molecule has 1 aliphatic rings. The minimum Gasteiger partial charge on any atom is -0.384 e. The van der Waals surface area contributed by atoms with Crippen LogP contribution < -0.4 is 5.32 Å².